The lowest BCUT2D eigenvalue weighted by atomic mass is 9.44. The second-order valence-corrected chi connectivity index (χ2v) is 12.9. The number of aliphatic hydroxyl groups is 1. The van der Waals surface area contributed by atoms with Crippen LogP contribution < -0.4 is 15.2 Å². The Hall–Kier alpha value is -2.82. The zero-order valence-corrected chi connectivity index (χ0v) is 24.4. The van der Waals surface area contributed by atoms with Gasteiger partial charge in [-0.05, 0) is 68.4 Å². The van der Waals surface area contributed by atoms with Crippen LogP contribution in [0.4, 0.5) is 14.5 Å². The molecule has 10 heteroatoms. The van der Waals surface area contributed by atoms with Gasteiger partial charge in [-0.15, -0.1) is 0 Å². The smallest absolute Gasteiger partial charge is 0.205 e. The summed E-state index contributed by atoms with van der Waals surface area (Å²) < 4.78 is 57.4. The highest BCUT2D eigenvalue weighted by molar-refractivity contribution is 6.01. The Labute approximate surface area is 244 Å². The molecule has 3 saturated carbocycles. The van der Waals surface area contributed by atoms with Crippen LogP contribution in [0.25, 0.3) is 0 Å². The maximum Gasteiger partial charge on any atom is 0.205 e. The number of hydrogen-bond donors (Lipinski definition) is 2. The number of hydrogen-bond acceptors (Lipinski definition) is 8. The van der Waals surface area contributed by atoms with Crippen LogP contribution in [0.15, 0.2) is 42.0 Å². The maximum absolute atomic E-state index is 17.6. The highest BCUT2D eigenvalue weighted by Gasteiger charge is 2.80. The molecular weight excluding hydrogens is 548 g/mol. The number of Topliss-reactive ketones (excluding diaryl/α,β-unsaturated/α-hetero) is 1. The van der Waals surface area contributed by atoms with Crippen molar-refractivity contribution in [1.29, 1.82) is 0 Å². The summed E-state index contributed by atoms with van der Waals surface area (Å²) in [7, 11) is 1.48. The molecule has 228 valence electrons. The molecule has 8 unspecified atom stereocenters. The first-order chi connectivity index (χ1) is 19.9. The summed E-state index contributed by atoms with van der Waals surface area (Å²) in [6, 6.07) is 4.83. The van der Waals surface area contributed by atoms with Crippen LogP contribution >= 0.6 is 0 Å². The number of ether oxygens (including phenoxy) is 4. The summed E-state index contributed by atoms with van der Waals surface area (Å²) >= 11 is 0. The lowest BCUT2D eigenvalue weighted by Gasteiger charge is -2.63. The van der Waals surface area contributed by atoms with Gasteiger partial charge in [-0.3, -0.25) is 9.59 Å². The van der Waals surface area contributed by atoms with Crippen molar-refractivity contribution < 1.29 is 42.4 Å². The summed E-state index contributed by atoms with van der Waals surface area (Å²) in [5.74, 6) is -1.49. The SMILES string of the molecule is CCCC1OC2CC3C4C[C@H](F)C5=CC(=O)C=CC5(C)[C@@]4(F)C(O)CC3(C)C2(C(=O)COc2ccc(N)c(OC)c2)O1. The first-order valence-corrected chi connectivity index (χ1v) is 14.7. The van der Waals surface area contributed by atoms with E-state index in [9.17, 15) is 14.7 Å². The lowest BCUT2D eigenvalue weighted by molar-refractivity contribution is -0.234. The van der Waals surface area contributed by atoms with E-state index in [1.807, 2.05) is 13.8 Å². The van der Waals surface area contributed by atoms with Crippen LogP contribution in [-0.2, 0) is 19.1 Å². The summed E-state index contributed by atoms with van der Waals surface area (Å²) in [5, 5.41) is 11.7. The Morgan fingerprint density at radius 3 is 2.71 bits per heavy atom. The van der Waals surface area contributed by atoms with Crippen LogP contribution in [0.5, 0.6) is 11.5 Å². The average molecular weight is 588 g/mol. The van der Waals surface area contributed by atoms with Crippen molar-refractivity contribution in [1.82, 2.24) is 0 Å². The monoisotopic (exact) mass is 587 g/mol. The van der Waals surface area contributed by atoms with Crippen molar-refractivity contribution in [3.8, 4) is 11.5 Å². The number of allylic oxidation sites excluding steroid dienone is 4. The van der Waals surface area contributed by atoms with Crippen LogP contribution in [0.3, 0.4) is 0 Å². The van der Waals surface area contributed by atoms with Gasteiger partial charge in [0.05, 0.1) is 25.0 Å². The summed E-state index contributed by atoms with van der Waals surface area (Å²) in [6.07, 6.45) is 0.594. The highest BCUT2D eigenvalue weighted by atomic mass is 19.1. The largest absolute Gasteiger partial charge is 0.494 e. The number of carbonyl (C=O) groups is 2. The number of carbonyl (C=O) groups excluding carboxylic acids is 2. The molecule has 0 radical (unpaired) electrons. The van der Waals surface area contributed by atoms with Crippen molar-refractivity contribution in [3.63, 3.8) is 0 Å². The second kappa shape index (κ2) is 9.86. The van der Waals surface area contributed by atoms with E-state index >= 15 is 8.78 Å². The normalized spacial score (nSPS) is 43.6. The molecule has 10 atom stereocenters. The summed E-state index contributed by atoms with van der Waals surface area (Å²) in [6.45, 7) is 5.01. The molecule has 0 amide bonds. The lowest BCUT2D eigenvalue weighted by Crippen LogP contribution is -2.71. The first-order valence-electron chi connectivity index (χ1n) is 14.7. The van der Waals surface area contributed by atoms with E-state index in [1.54, 1.807) is 25.1 Å². The third-order valence-electron chi connectivity index (χ3n) is 10.9. The van der Waals surface area contributed by atoms with Gasteiger partial charge in [0.25, 0.3) is 0 Å². The van der Waals surface area contributed by atoms with E-state index in [-0.39, 0.29) is 37.2 Å². The number of rotatable bonds is 7. The second-order valence-electron chi connectivity index (χ2n) is 12.9. The van der Waals surface area contributed by atoms with Crippen LogP contribution in [0.1, 0.15) is 52.9 Å². The molecule has 42 heavy (non-hydrogen) atoms. The number of benzene rings is 1. The zero-order chi connectivity index (χ0) is 30.2. The van der Waals surface area contributed by atoms with E-state index in [0.717, 1.165) is 6.42 Å². The molecule has 1 saturated heterocycles. The molecule has 1 aromatic rings. The van der Waals surface area contributed by atoms with E-state index < -0.39 is 64.4 Å². The molecule has 1 heterocycles. The number of anilines is 1. The molecule has 8 nitrogen and oxygen atoms in total. The molecule has 0 bridgehead atoms. The van der Waals surface area contributed by atoms with Gasteiger partial charge in [0.1, 0.15) is 24.3 Å². The number of ketones is 2. The number of nitrogens with two attached hydrogens (primary N) is 1. The van der Waals surface area contributed by atoms with Gasteiger partial charge in [-0.2, -0.15) is 0 Å². The Morgan fingerprint density at radius 2 is 2.00 bits per heavy atom. The molecule has 1 aliphatic heterocycles. The molecule has 0 spiro atoms. The molecule has 5 aliphatic rings. The Morgan fingerprint density at radius 1 is 1.24 bits per heavy atom. The van der Waals surface area contributed by atoms with Crippen molar-refractivity contribution in [3.05, 3.63) is 42.0 Å². The minimum atomic E-state index is -2.26. The van der Waals surface area contributed by atoms with Gasteiger partial charge >= 0.3 is 0 Å². The molecular formula is C32H39F2NO7. The Balaban J connectivity index is 1.37. The summed E-state index contributed by atoms with van der Waals surface area (Å²) in [5.41, 5.74) is 0.0155. The maximum atomic E-state index is 17.6. The molecule has 0 aromatic heterocycles. The fourth-order valence-corrected chi connectivity index (χ4v) is 8.92. The topological polar surface area (TPSA) is 117 Å². The van der Waals surface area contributed by atoms with Gasteiger partial charge in [0.2, 0.25) is 5.78 Å². The number of halogens is 2. The molecule has 4 fully saturated rings. The molecule has 4 aliphatic carbocycles. The van der Waals surface area contributed by atoms with Crippen LogP contribution in [0, 0.1) is 22.7 Å². The summed E-state index contributed by atoms with van der Waals surface area (Å²) in [4.78, 5) is 26.4. The van der Waals surface area contributed by atoms with Crippen molar-refractivity contribution in [2.45, 2.75) is 88.8 Å². The number of nitrogen functional groups attached to an aromatic ring is 1. The van der Waals surface area contributed by atoms with Gasteiger partial charge in [-0.25, -0.2) is 8.78 Å². The molecule has 3 N–H and O–H groups in total. The van der Waals surface area contributed by atoms with Crippen molar-refractivity contribution >= 4 is 17.3 Å². The van der Waals surface area contributed by atoms with Crippen LogP contribution in [-0.4, -0.2) is 66.3 Å². The number of alkyl halides is 2. The van der Waals surface area contributed by atoms with E-state index in [0.29, 0.717) is 23.6 Å². The van der Waals surface area contributed by atoms with Gasteiger partial charge < -0.3 is 29.8 Å². The standard InChI is InChI=1S/C32H39F2NO7/c1-5-6-28-41-27-14-19-20-13-22(33)21-11-17(36)9-10-29(21,2)31(20,34)25(37)15-30(19,3)32(27,42-28)26(38)16-40-18-7-8-23(35)24(12-18)39-4/h7-12,19-20,22,25,27-28,37H,5-6,13-16,35H2,1-4H3/t19?,20?,22-,25?,27?,28?,29?,30?,31-,32?/m0/s1. The average Bonchev–Trinajstić information content (AvgIpc) is 3.43. The predicted molar refractivity (Wildman–Crippen MR) is 149 cm³/mol. The fourth-order valence-electron chi connectivity index (χ4n) is 8.92. The number of aliphatic hydroxyl groups excluding tert-OH is 1. The zero-order valence-electron chi connectivity index (χ0n) is 24.4. The minimum absolute atomic E-state index is 0.0585. The quantitative estimate of drug-likeness (QED) is 0.450. The van der Waals surface area contributed by atoms with Gasteiger partial charge in [-0.1, -0.05) is 26.3 Å². The van der Waals surface area contributed by atoms with E-state index in [4.69, 9.17) is 24.7 Å². The van der Waals surface area contributed by atoms with Gasteiger partial charge in [0, 0.05) is 22.8 Å². The third kappa shape index (κ3) is 3.73. The Bertz CT molecular complexity index is 1370. The fraction of sp³-hybridized carbons (Fsp3) is 0.625. The molecule has 1 aromatic carbocycles. The third-order valence-corrected chi connectivity index (χ3v) is 10.9. The van der Waals surface area contributed by atoms with Crippen LogP contribution in [0.2, 0.25) is 0 Å². The van der Waals surface area contributed by atoms with Crippen molar-refractivity contribution in [2.75, 3.05) is 19.5 Å². The van der Waals surface area contributed by atoms with Crippen molar-refractivity contribution in [2.24, 2.45) is 22.7 Å². The Kier molecular flexibility index (Phi) is 6.87. The number of methoxy groups -OCH3 is 1. The van der Waals surface area contributed by atoms with E-state index in [2.05, 4.69) is 0 Å². The first kappa shape index (κ1) is 29.3. The number of fused-ring (bicyclic) bond motifs is 7. The molecule has 6 rings (SSSR count). The minimum Gasteiger partial charge on any atom is -0.494 e. The predicted octanol–water partition coefficient (Wildman–Crippen LogP) is 4.43. The highest BCUT2D eigenvalue weighted by Crippen LogP contribution is 2.72. The van der Waals surface area contributed by atoms with E-state index in [1.165, 1.54) is 25.3 Å². The van der Waals surface area contributed by atoms with Gasteiger partial charge in [0.15, 0.2) is 23.3 Å².